The molecular weight excluding hydrogens is 222 g/mol. The first kappa shape index (κ1) is 12.2. The molecule has 0 spiro atoms. The van der Waals surface area contributed by atoms with Gasteiger partial charge in [-0.15, -0.1) is 0 Å². The number of benzene rings is 1. The van der Waals surface area contributed by atoms with Crippen LogP contribution >= 0.6 is 0 Å². The zero-order valence-corrected chi connectivity index (χ0v) is 11.0. The molecule has 1 aromatic carbocycles. The number of fused-ring (bicyclic) bond motifs is 1. The zero-order chi connectivity index (χ0) is 12.4. The number of rotatable bonds is 3. The monoisotopic (exact) mass is 245 g/mol. The molecule has 1 fully saturated rings. The fourth-order valence-corrected chi connectivity index (χ4v) is 3.49. The maximum absolute atomic E-state index is 9.54. The summed E-state index contributed by atoms with van der Waals surface area (Å²) >= 11 is 0. The lowest BCUT2D eigenvalue weighted by Crippen LogP contribution is -2.42. The Kier molecular flexibility index (Phi) is 3.67. The number of aliphatic hydroxyl groups excluding tert-OH is 1. The molecule has 0 radical (unpaired) electrons. The molecule has 1 aliphatic carbocycles. The molecule has 1 heterocycles. The minimum atomic E-state index is 0.328. The summed E-state index contributed by atoms with van der Waals surface area (Å²) in [6.45, 7) is 2.64. The van der Waals surface area contributed by atoms with Crippen molar-refractivity contribution in [2.45, 2.75) is 44.1 Å². The number of likely N-dealkylation sites (tertiary alicyclic amines) is 1. The van der Waals surface area contributed by atoms with Crippen molar-refractivity contribution in [2.24, 2.45) is 0 Å². The molecule has 0 saturated carbocycles. The average Bonchev–Trinajstić information content (AvgIpc) is 2.61. The first-order valence-electron chi connectivity index (χ1n) is 7.31. The highest BCUT2D eigenvalue weighted by Gasteiger charge is 2.30. The van der Waals surface area contributed by atoms with Gasteiger partial charge in [-0.25, -0.2) is 0 Å². The molecule has 0 amide bonds. The fourth-order valence-electron chi connectivity index (χ4n) is 3.49. The van der Waals surface area contributed by atoms with Gasteiger partial charge >= 0.3 is 0 Å². The van der Waals surface area contributed by atoms with E-state index in [2.05, 4.69) is 29.2 Å². The molecule has 1 aromatic rings. The summed E-state index contributed by atoms with van der Waals surface area (Å²) in [7, 11) is 0. The van der Waals surface area contributed by atoms with Crippen LogP contribution in [0.5, 0.6) is 0 Å². The smallest absolute Gasteiger partial charge is 0.0586 e. The van der Waals surface area contributed by atoms with Gasteiger partial charge in [-0.1, -0.05) is 37.1 Å². The highest BCUT2D eigenvalue weighted by molar-refractivity contribution is 5.40. The van der Waals surface area contributed by atoms with Gasteiger partial charge in [0.05, 0.1) is 6.61 Å². The van der Waals surface area contributed by atoms with E-state index < -0.39 is 0 Å². The van der Waals surface area contributed by atoms with E-state index in [0.717, 1.165) is 6.54 Å². The predicted octanol–water partition coefficient (Wildman–Crippen LogP) is 2.56. The SMILES string of the molecule is OCC1CCCCCN1CC1Cc2ccccc21. The van der Waals surface area contributed by atoms with Crippen molar-refractivity contribution >= 4 is 0 Å². The van der Waals surface area contributed by atoms with Gasteiger partial charge in [0.2, 0.25) is 0 Å². The van der Waals surface area contributed by atoms with Crippen LogP contribution in [0.4, 0.5) is 0 Å². The molecule has 2 nitrogen and oxygen atoms in total. The van der Waals surface area contributed by atoms with Gasteiger partial charge in [0.15, 0.2) is 0 Å². The highest BCUT2D eigenvalue weighted by Crippen LogP contribution is 2.36. The number of aliphatic hydroxyl groups is 1. The Labute approximate surface area is 110 Å². The number of nitrogens with zero attached hydrogens (tertiary/aromatic N) is 1. The largest absolute Gasteiger partial charge is 0.395 e. The van der Waals surface area contributed by atoms with Gasteiger partial charge in [-0.2, -0.15) is 0 Å². The van der Waals surface area contributed by atoms with E-state index in [9.17, 15) is 5.11 Å². The molecular formula is C16H23NO. The molecule has 2 heteroatoms. The quantitative estimate of drug-likeness (QED) is 0.884. The Morgan fingerprint density at radius 2 is 2.06 bits per heavy atom. The Hall–Kier alpha value is -0.860. The van der Waals surface area contributed by atoms with Crippen molar-refractivity contribution in [1.82, 2.24) is 4.90 Å². The Balaban J connectivity index is 1.65. The van der Waals surface area contributed by atoms with Crippen LogP contribution in [0.1, 0.15) is 42.7 Å². The standard InChI is InChI=1S/C16H23NO/c18-12-15-7-2-1-5-9-17(15)11-14-10-13-6-3-4-8-16(13)14/h3-4,6,8,14-15,18H,1-2,5,7,9-12H2. The van der Waals surface area contributed by atoms with Crippen molar-refractivity contribution in [1.29, 1.82) is 0 Å². The normalized spacial score (nSPS) is 28.3. The molecule has 18 heavy (non-hydrogen) atoms. The third-order valence-corrected chi connectivity index (χ3v) is 4.63. The van der Waals surface area contributed by atoms with Gasteiger partial charge in [0.1, 0.15) is 0 Å². The van der Waals surface area contributed by atoms with E-state index >= 15 is 0 Å². The molecule has 2 unspecified atom stereocenters. The van der Waals surface area contributed by atoms with Crippen LogP contribution in [-0.2, 0) is 6.42 Å². The van der Waals surface area contributed by atoms with E-state index in [1.807, 2.05) is 0 Å². The molecule has 0 bridgehead atoms. The zero-order valence-electron chi connectivity index (χ0n) is 11.0. The second-order valence-electron chi connectivity index (χ2n) is 5.78. The van der Waals surface area contributed by atoms with Gasteiger partial charge in [0, 0.05) is 18.5 Å². The summed E-state index contributed by atoms with van der Waals surface area (Å²) < 4.78 is 0. The molecule has 2 atom stereocenters. The van der Waals surface area contributed by atoms with E-state index in [4.69, 9.17) is 0 Å². The van der Waals surface area contributed by atoms with Crippen molar-refractivity contribution < 1.29 is 5.11 Å². The van der Waals surface area contributed by atoms with E-state index in [1.54, 1.807) is 5.56 Å². The second-order valence-corrected chi connectivity index (χ2v) is 5.78. The first-order valence-corrected chi connectivity index (χ1v) is 7.31. The molecule has 1 saturated heterocycles. The maximum atomic E-state index is 9.54. The third-order valence-electron chi connectivity index (χ3n) is 4.63. The summed E-state index contributed by atoms with van der Waals surface area (Å²) in [5, 5.41) is 9.54. The Bertz CT molecular complexity index is 404. The summed E-state index contributed by atoms with van der Waals surface area (Å²) in [6.07, 6.45) is 6.30. The van der Waals surface area contributed by atoms with Crippen LogP contribution in [-0.4, -0.2) is 35.7 Å². The first-order chi connectivity index (χ1) is 8.88. The van der Waals surface area contributed by atoms with Crippen LogP contribution in [0.3, 0.4) is 0 Å². The Morgan fingerprint density at radius 1 is 1.17 bits per heavy atom. The summed E-state index contributed by atoms with van der Waals surface area (Å²) in [4.78, 5) is 2.54. The molecule has 0 aromatic heterocycles. The predicted molar refractivity (Wildman–Crippen MR) is 73.8 cm³/mol. The Morgan fingerprint density at radius 3 is 2.89 bits per heavy atom. The van der Waals surface area contributed by atoms with Gasteiger partial charge in [0.25, 0.3) is 0 Å². The van der Waals surface area contributed by atoms with Crippen LogP contribution in [0.2, 0.25) is 0 Å². The van der Waals surface area contributed by atoms with Gasteiger partial charge in [-0.3, -0.25) is 4.90 Å². The molecule has 1 aliphatic heterocycles. The number of hydrogen-bond donors (Lipinski definition) is 1. The molecule has 98 valence electrons. The lowest BCUT2D eigenvalue weighted by Gasteiger charge is -2.37. The van der Waals surface area contributed by atoms with Gasteiger partial charge < -0.3 is 5.11 Å². The molecule has 3 rings (SSSR count). The minimum absolute atomic E-state index is 0.328. The van der Waals surface area contributed by atoms with Crippen molar-refractivity contribution in [2.75, 3.05) is 19.7 Å². The van der Waals surface area contributed by atoms with Crippen LogP contribution < -0.4 is 0 Å². The minimum Gasteiger partial charge on any atom is -0.395 e. The van der Waals surface area contributed by atoms with E-state index in [1.165, 1.54) is 44.2 Å². The fraction of sp³-hybridized carbons (Fsp3) is 0.625. The maximum Gasteiger partial charge on any atom is 0.0586 e. The lowest BCUT2D eigenvalue weighted by molar-refractivity contribution is 0.115. The van der Waals surface area contributed by atoms with Crippen LogP contribution in [0.15, 0.2) is 24.3 Å². The highest BCUT2D eigenvalue weighted by atomic mass is 16.3. The molecule has 2 aliphatic rings. The molecule has 1 N–H and O–H groups in total. The van der Waals surface area contributed by atoms with Gasteiger partial charge in [-0.05, 0) is 36.9 Å². The second kappa shape index (κ2) is 5.41. The van der Waals surface area contributed by atoms with Crippen molar-refractivity contribution in [3.8, 4) is 0 Å². The number of hydrogen-bond acceptors (Lipinski definition) is 2. The van der Waals surface area contributed by atoms with Crippen LogP contribution in [0.25, 0.3) is 0 Å². The summed E-state index contributed by atoms with van der Waals surface area (Å²) in [5.41, 5.74) is 3.07. The van der Waals surface area contributed by atoms with Crippen molar-refractivity contribution in [3.63, 3.8) is 0 Å². The van der Waals surface area contributed by atoms with E-state index in [0.29, 0.717) is 18.6 Å². The third kappa shape index (κ3) is 2.32. The summed E-state index contributed by atoms with van der Waals surface area (Å²) in [6, 6.07) is 9.21. The average molecular weight is 245 g/mol. The lowest BCUT2D eigenvalue weighted by atomic mass is 9.77. The van der Waals surface area contributed by atoms with Crippen molar-refractivity contribution in [3.05, 3.63) is 35.4 Å². The summed E-state index contributed by atoms with van der Waals surface area (Å²) in [5.74, 6) is 0.702. The topological polar surface area (TPSA) is 23.5 Å². The van der Waals surface area contributed by atoms with Crippen LogP contribution in [0, 0.1) is 0 Å². The van der Waals surface area contributed by atoms with E-state index in [-0.39, 0.29) is 0 Å².